The van der Waals surface area contributed by atoms with Crippen LogP contribution in [-0.4, -0.2) is 12.6 Å². The second-order valence-electron chi connectivity index (χ2n) is 3.97. The molecular weight excluding hydrogens is 293 g/mol. The highest BCUT2D eigenvalue weighted by atomic mass is 35.5. The SMILES string of the molecule is O=Cc1cc(OC(F)(F)F)cc(-c2cccc(Cl)c2)c1. The molecule has 2 aromatic rings. The summed E-state index contributed by atoms with van der Waals surface area (Å²) < 4.78 is 40.6. The molecule has 0 saturated carbocycles. The molecule has 20 heavy (non-hydrogen) atoms. The van der Waals surface area contributed by atoms with Gasteiger partial charge in [0.1, 0.15) is 12.0 Å². The summed E-state index contributed by atoms with van der Waals surface area (Å²) >= 11 is 5.83. The Hall–Kier alpha value is -2.01. The molecule has 0 spiro atoms. The molecule has 2 nitrogen and oxygen atoms in total. The van der Waals surface area contributed by atoms with Crippen molar-refractivity contribution >= 4 is 17.9 Å². The van der Waals surface area contributed by atoms with Gasteiger partial charge in [0.2, 0.25) is 0 Å². The first kappa shape index (κ1) is 14.4. The van der Waals surface area contributed by atoms with Crippen molar-refractivity contribution in [1.29, 1.82) is 0 Å². The predicted octanol–water partition coefficient (Wildman–Crippen LogP) is 4.72. The van der Waals surface area contributed by atoms with Gasteiger partial charge in [-0.3, -0.25) is 4.79 Å². The molecule has 0 fully saturated rings. The Balaban J connectivity index is 2.48. The molecule has 2 rings (SSSR count). The van der Waals surface area contributed by atoms with E-state index >= 15 is 0 Å². The summed E-state index contributed by atoms with van der Waals surface area (Å²) in [5.41, 5.74) is 1.09. The van der Waals surface area contributed by atoms with Crippen LogP contribution in [0.15, 0.2) is 42.5 Å². The number of carbonyl (C=O) groups excluding carboxylic acids is 1. The maximum absolute atomic E-state index is 12.2. The molecule has 6 heteroatoms. The van der Waals surface area contributed by atoms with Gasteiger partial charge in [-0.25, -0.2) is 0 Å². The van der Waals surface area contributed by atoms with Crippen LogP contribution in [0.4, 0.5) is 13.2 Å². The number of halogens is 4. The minimum absolute atomic E-state index is 0.0849. The summed E-state index contributed by atoms with van der Waals surface area (Å²) in [6.07, 6.45) is -4.36. The summed E-state index contributed by atoms with van der Waals surface area (Å²) in [6, 6.07) is 10.2. The fourth-order valence-electron chi connectivity index (χ4n) is 1.72. The quantitative estimate of drug-likeness (QED) is 0.767. The first-order valence-electron chi connectivity index (χ1n) is 5.49. The van der Waals surface area contributed by atoms with E-state index in [0.717, 1.165) is 6.07 Å². The summed E-state index contributed by atoms with van der Waals surface area (Å²) in [5.74, 6) is -0.447. The first-order chi connectivity index (χ1) is 9.37. The van der Waals surface area contributed by atoms with Crippen LogP contribution in [0.1, 0.15) is 10.4 Å². The van der Waals surface area contributed by atoms with Crippen molar-refractivity contribution in [1.82, 2.24) is 0 Å². The van der Waals surface area contributed by atoms with Crippen LogP contribution in [0.25, 0.3) is 11.1 Å². The summed E-state index contributed by atoms with van der Waals surface area (Å²) in [6.45, 7) is 0. The predicted molar refractivity (Wildman–Crippen MR) is 69.0 cm³/mol. The second-order valence-corrected chi connectivity index (χ2v) is 4.40. The highest BCUT2D eigenvalue weighted by Crippen LogP contribution is 2.30. The average molecular weight is 301 g/mol. The third kappa shape index (κ3) is 3.74. The normalized spacial score (nSPS) is 11.2. The molecule has 0 radical (unpaired) electrons. The fraction of sp³-hybridized carbons (Fsp3) is 0.0714. The van der Waals surface area contributed by atoms with E-state index in [0.29, 0.717) is 22.4 Å². The van der Waals surface area contributed by atoms with E-state index in [9.17, 15) is 18.0 Å². The van der Waals surface area contributed by atoms with Crippen LogP contribution in [-0.2, 0) is 0 Å². The minimum Gasteiger partial charge on any atom is -0.406 e. The Kier molecular flexibility index (Phi) is 3.99. The number of benzene rings is 2. The van der Waals surface area contributed by atoms with Crippen LogP contribution >= 0.6 is 11.6 Å². The molecule has 2 aromatic carbocycles. The zero-order chi connectivity index (χ0) is 14.8. The molecule has 0 saturated heterocycles. The Morgan fingerprint density at radius 2 is 1.80 bits per heavy atom. The van der Waals surface area contributed by atoms with E-state index in [2.05, 4.69) is 4.74 Å². The topological polar surface area (TPSA) is 26.3 Å². The van der Waals surface area contributed by atoms with Crippen LogP contribution in [0, 0.1) is 0 Å². The van der Waals surface area contributed by atoms with Crippen molar-refractivity contribution in [3.63, 3.8) is 0 Å². The van der Waals surface area contributed by atoms with Crippen molar-refractivity contribution in [3.8, 4) is 16.9 Å². The van der Waals surface area contributed by atoms with Crippen LogP contribution in [0.3, 0.4) is 0 Å². The maximum Gasteiger partial charge on any atom is 0.573 e. The van der Waals surface area contributed by atoms with E-state index in [-0.39, 0.29) is 5.56 Å². The van der Waals surface area contributed by atoms with Gasteiger partial charge >= 0.3 is 6.36 Å². The van der Waals surface area contributed by atoms with Crippen molar-refractivity contribution < 1.29 is 22.7 Å². The molecule has 0 aliphatic carbocycles. The third-order valence-corrected chi connectivity index (χ3v) is 2.69. The first-order valence-corrected chi connectivity index (χ1v) is 5.87. The van der Waals surface area contributed by atoms with E-state index in [1.807, 2.05) is 0 Å². The highest BCUT2D eigenvalue weighted by molar-refractivity contribution is 6.30. The number of aldehydes is 1. The zero-order valence-corrected chi connectivity index (χ0v) is 10.7. The molecule has 104 valence electrons. The van der Waals surface area contributed by atoms with E-state index < -0.39 is 12.1 Å². The van der Waals surface area contributed by atoms with Crippen molar-refractivity contribution in [2.24, 2.45) is 0 Å². The molecule has 0 atom stereocenters. The highest BCUT2D eigenvalue weighted by Gasteiger charge is 2.31. The summed E-state index contributed by atoms with van der Waals surface area (Å²) in [4.78, 5) is 10.8. The van der Waals surface area contributed by atoms with Crippen molar-refractivity contribution in [2.45, 2.75) is 6.36 Å². The molecular formula is C14H8ClF3O2. The molecule has 0 N–H and O–H groups in total. The van der Waals surface area contributed by atoms with E-state index in [4.69, 9.17) is 11.6 Å². The molecule has 0 aliphatic heterocycles. The largest absolute Gasteiger partial charge is 0.573 e. The van der Waals surface area contributed by atoms with Crippen LogP contribution < -0.4 is 4.74 Å². The zero-order valence-electron chi connectivity index (χ0n) is 9.95. The van der Waals surface area contributed by atoms with Gasteiger partial charge in [-0.1, -0.05) is 23.7 Å². The van der Waals surface area contributed by atoms with Crippen molar-refractivity contribution in [3.05, 3.63) is 53.1 Å². The monoisotopic (exact) mass is 300 g/mol. The van der Waals surface area contributed by atoms with Crippen LogP contribution in [0.2, 0.25) is 5.02 Å². The van der Waals surface area contributed by atoms with Gasteiger partial charge in [0.15, 0.2) is 0 Å². The lowest BCUT2D eigenvalue weighted by Crippen LogP contribution is -2.17. The minimum atomic E-state index is -4.81. The second kappa shape index (κ2) is 5.54. The number of carbonyl (C=O) groups is 1. The van der Waals surface area contributed by atoms with E-state index in [1.165, 1.54) is 12.1 Å². The van der Waals surface area contributed by atoms with Gasteiger partial charge in [-0.2, -0.15) is 0 Å². The molecule has 0 aromatic heterocycles. The smallest absolute Gasteiger partial charge is 0.406 e. The Labute approximate surface area is 117 Å². The average Bonchev–Trinajstić information content (AvgIpc) is 2.36. The molecule has 0 bridgehead atoms. The summed E-state index contributed by atoms with van der Waals surface area (Å²) in [5, 5.41) is 0.442. The lowest BCUT2D eigenvalue weighted by Gasteiger charge is -2.11. The van der Waals surface area contributed by atoms with Gasteiger partial charge < -0.3 is 4.74 Å². The fourth-order valence-corrected chi connectivity index (χ4v) is 1.91. The Morgan fingerprint density at radius 3 is 2.40 bits per heavy atom. The standard InChI is InChI=1S/C14H8ClF3O2/c15-12-3-1-2-10(6-12)11-4-9(8-19)5-13(7-11)20-14(16,17)18/h1-8H. The number of ether oxygens (including phenoxy) is 1. The number of alkyl halides is 3. The van der Waals surface area contributed by atoms with Gasteiger partial charge in [0.05, 0.1) is 0 Å². The maximum atomic E-state index is 12.2. The van der Waals surface area contributed by atoms with Crippen molar-refractivity contribution in [2.75, 3.05) is 0 Å². The van der Waals surface area contributed by atoms with E-state index in [1.54, 1.807) is 24.3 Å². The lowest BCUT2D eigenvalue weighted by molar-refractivity contribution is -0.274. The number of rotatable bonds is 3. The number of hydrogen-bond donors (Lipinski definition) is 0. The summed E-state index contributed by atoms with van der Waals surface area (Å²) in [7, 11) is 0. The Morgan fingerprint density at radius 1 is 1.05 bits per heavy atom. The third-order valence-electron chi connectivity index (χ3n) is 2.46. The van der Waals surface area contributed by atoms with Gasteiger partial charge in [0.25, 0.3) is 0 Å². The molecule has 0 aliphatic rings. The number of hydrogen-bond acceptors (Lipinski definition) is 2. The lowest BCUT2D eigenvalue weighted by atomic mass is 10.0. The van der Waals surface area contributed by atoms with Crippen LogP contribution in [0.5, 0.6) is 5.75 Å². The molecule has 0 heterocycles. The van der Waals surface area contributed by atoms with Gasteiger partial charge in [0, 0.05) is 10.6 Å². The van der Waals surface area contributed by atoms with Gasteiger partial charge in [-0.05, 0) is 41.5 Å². The Bertz CT molecular complexity index is 639. The van der Waals surface area contributed by atoms with Gasteiger partial charge in [-0.15, -0.1) is 13.2 Å². The molecule has 0 unspecified atom stereocenters. The molecule has 0 amide bonds.